The normalized spacial score (nSPS) is 45.0. The van der Waals surface area contributed by atoms with E-state index in [0.717, 1.165) is 17.8 Å². The average Bonchev–Trinajstić information content (AvgIpc) is 1.80. The number of rotatable bonds is 0. The highest BCUT2D eigenvalue weighted by molar-refractivity contribution is 4.85. The predicted octanol–water partition coefficient (Wildman–Crippen LogP) is 2.89. The molecule has 0 heterocycles. The molecule has 0 bridgehead atoms. The van der Waals surface area contributed by atoms with Gasteiger partial charge in [-0.05, 0) is 0 Å². The van der Waals surface area contributed by atoms with Gasteiger partial charge in [0.25, 0.3) is 0 Å². The molecule has 0 aromatic carbocycles. The standard InChI is InChI=1S/C9H17/c1-7-4-5-8(2)9(3)6-7/h5,7-9H,4,6H2,1-3H3/q-1. The SMILES string of the molecule is CC1C[CH-]C(C)C(C)C1. The summed E-state index contributed by atoms with van der Waals surface area (Å²) in [7, 11) is 0. The average molecular weight is 125 g/mol. The first-order chi connectivity index (χ1) is 4.20. The lowest BCUT2D eigenvalue weighted by Crippen LogP contribution is -2.19. The molecule has 3 unspecified atom stereocenters. The third kappa shape index (κ3) is 1.70. The smallest absolute Gasteiger partial charge is 0.0527 e. The van der Waals surface area contributed by atoms with Crippen molar-refractivity contribution in [1.82, 2.24) is 0 Å². The van der Waals surface area contributed by atoms with E-state index in [2.05, 4.69) is 27.2 Å². The number of hydrogen-bond donors (Lipinski definition) is 0. The van der Waals surface area contributed by atoms with Crippen LogP contribution in [0.25, 0.3) is 0 Å². The van der Waals surface area contributed by atoms with Crippen LogP contribution in [0.3, 0.4) is 0 Å². The Kier molecular flexibility index (Phi) is 2.15. The second kappa shape index (κ2) is 2.72. The third-order valence-electron chi connectivity index (χ3n) is 2.58. The zero-order chi connectivity index (χ0) is 6.85. The fourth-order valence-corrected chi connectivity index (χ4v) is 1.62. The van der Waals surface area contributed by atoms with Crippen LogP contribution in [0.1, 0.15) is 33.6 Å². The van der Waals surface area contributed by atoms with E-state index in [1.807, 2.05) is 0 Å². The van der Waals surface area contributed by atoms with Crippen molar-refractivity contribution in [3.05, 3.63) is 6.42 Å². The fourth-order valence-electron chi connectivity index (χ4n) is 1.62. The van der Waals surface area contributed by atoms with Crippen LogP contribution < -0.4 is 0 Å². The Morgan fingerprint density at radius 3 is 2.33 bits per heavy atom. The number of hydrogen-bond acceptors (Lipinski definition) is 0. The van der Waals surface area contributed by atoms with Gasteiger partial charge in [-0.25, -0.2) is 0 Å². The summed E-state index contributed by atoms with van der Waals surface area (Å²) in [6.07, 6.45) is 5.24. The van der Waals surface area contributed by atoms with Gasteiger partial charge in [0, 0.05) is 0 Å². The van der Waals surface area contributed by atoms with Gasteiger partial charge < -0.3 is 6.42 Å². The molecule has 0 radical (unpaired) electrons. The Morgan fingerprint density at radius 2 is 1.89 bits per heavy atom. The molecule has 1 fully saturated rings. The minimum Gasteiger partial charge on any atom is -0.325 e. The summed E-state index contributed by atoms with van der Waals surface area (Å²) in [6.45, 7) is 7.03. The Labute approximate surface area is 58.7 Å². The topological polar surface area (TPSA) is 0 Å². The zero-order valence-electron chi connectivity index (χ0n) is 6.72. The second-order valence-corrected chi connectivity index (χ2v) is 3.65. The Morgan fingerprint density at radius 1 is 1.22 bits per heavy atom. The molecule has 0 saturated heterocycles. The Hall–Kier alpha value is 0. The van der Waals surface area contributed by atoms with E-state index in [0.29, 0.717) is 0 Å². The lowest BCUT2D eigenvalue weighted by molar-refractivity contribution is 0.280. The maximum Gasteiger partial charge on any atom is -0.0527 e. The molecule has 0 aliphatic heterocycles. The van der Waals surface area contributed by atoms with Crippen molar-refractivity contribution >= 4 is 0 Å². The zero-order valence-corrected chi connectivity index (χ0v) is 6.72. The molecule has 1 saturated carbocycles. The summed E-state index contributed by atoms with van der Waals surface area (Å²) in [4.78, 5) is 0. The molecule has 9 heavy (non-hydrogen) atoms. The lowest BCUT2D eigenvalue weighted by Gasteiger charge is -2.38. The van der Waals surface area contributed by atoms with Gasteiger partial charge in [-0.15, -0.1) is 0 Å². The first-order valence-electron chi connectivity index (χ1n) is 4.03. The quantitative estimate of drug-likeness (QED) is 0.437. The van der Waals surface area contributed by atoms with Crippen LogP contribution in [0.15, 0.2) is 0 Å². The van der Waals surface area contributed by atoms with Crippen molar-refractivity contribution in [3.8, 4) is 0 Å². The maximum atomic E-state index is 2.47. The van der Waals surface area contributed by atoms with Crippen LogP contribution in [0.4, 0.5) is 0 Å². The summed E-state index contributed by atoms with van der Waals surface area (Å²) in [5, 5.41) is 0. The van der Waals surface area contributed by atoms with Gasteiger partial charge in [-0.2, -0.15) is 12.3 Å². The molecule has 1 aliphatic carbocycles. The molecule has 0 nitrogen and oxygen atoms in total. The van der Waals surface area contributed by atoms with E-state index >= 15 is 0 Å². The first kappa shape index (κ1) is 7.11. The molecule has 0 N–H and O–H groups in total. The molecular formula is C9H17-. The molecule has 0 spiro atoms. The van der Waals surface area contributed by atoms with Crippen molar-refractivity contribution in [2.24, 2.45) is 17.8 Å². The van der Waals surface area contributed by atoms with E-state index in [-0.39, 0.29) is 0 Å². The molecule has 1 rings (SSSR count). The Balaban J connectivity index is 2.35. The minimum atomic E-state index is 0.862. The predicted molar refractivity (Wildman–Crippen MR) is 41.0 cm³/mol. The van der Waals surface area contributed by atoms with Crippen LogP contribution in [0.2, 0.25) is 0 Å². The van der Waals surface area contributed by atoms with Crippen molar-refractivity contribution in [3.63, 3.8) is 0 Å². The fraction of sp³-hybridized carbons (Fsp3) is 0.889. The summed E-state index contributed by atoms with van der Waals surface area (Å²) < 4.78 is 0. The van der Waals surface area contributed by atoms with Crippen LogP contribution >= 0.6 is 0 Å². The highest BCUT2D eigenvalue weighted by Crippen LogP contribution is 2.31. The second-order valence-electron chi connectivity index (χ2n) is 3.65. The van der Waals surface area contributed by atoms with Gasteiger partial charge in [0.1, 0.15) is 0 Å². The van der Waals surface area contributed by atoms with E-state index in [1.165, 1.54) is 12.8 Å². The van der Waals surface area contributed by atoms with Gasteiger partial charge in [0.05, 0.1) is 0 Å². The molecule has 54 valence electrons. The van der Waals surface area contributed by atoms with E-state index < -0.39 is 0 Å². The first-order valence-corrected chi connectivity index (χ1v) is 4.03. The monoisotopic (exact) mass is 125 g/mol. The van der Waals surface area contributed by atoms with Gasteiger partial charge in [0.2, 0.25) is 0 Å². The Bertz CT molecular complexity index is 86.0. The maximum absolute atomic E-state index is 2.47. The summed E-state index contributed by atoms with van der Waals surface area (Å²) in [6, 6.07) is 0. The van der Waals surface area contributed by atoms with Crippen LogP contribution in [0.5, 0.6) is 0 Å². The highest BCUT2D eigenvalue weighted by atomic mass is 14.3. The van der Waals surface area contributed by atoms with E-state index in [4.69, 9.17) is 0 Å². The van der Waals surface area contributed by atoms with Crippen LogP contribution in [0, 0.1) is 24.2 Å². The molecule has 0 aromatic heterocycles. The molecule has 1 aliphatic rings. The van der Waals surface area contributed by atoms with E-state index in [1.54, 1.807) is 0 Å². The third-order valence-corrected chi connectivity index (χ3v) is 2.58. The van der Waals surface area contributed by atoms with Crippen LogP contribution in [-0.2, 0) is 0 Å². The van der Waals surface area contributed by atoms with Gasteiger partial charge in [-0.3, -0.25) is 0 Å². The summed E-state index contributed by atoms with van der Waals surface area (Å²) in [5.41, 5.74) is 0. The van der Waals surface area contributed by atoms with E-state index in [9.17, 15) is 0 Å². The highest BCUT2D eigenvalue weighted by Gasteiger charge is 2.13. The molecule has 0 heteroatoms. The summed E-state index contributed by atoms with van der Waals surface area (Å²) >= 11 is 0. The lowest BCUT2D eigenvalue weighted by atomic mass is 9.77. The molecular weight excluding hydrogens is 108 g/mol. The minimum absolute atomic E-state index is 0.862. The van der Waals surface area contributed by atoms with Crippen LogP contribution in [-0.4, -0.2) is 0 Å². The van der Waals surface area contributed by atoms with Gasteiger partial charge in [-0.1, -0.05) is 39.0 Å². The van der Waals surface area contributed by atoms with Crippen molar-refractivity contribution in [2.75, 3.05) is 0 Å². The molecule has 3 atom stereocenters. The largest absolute Gasteiger partial charge is 0.325 e. The molecule has 0 aromatic rings. The van der Waals surface area contributed by atoms with Crippen molar-refractivity contribution in [1.29, 1.82) is 0 Å². The summed E-state index contributed by atoms with van der Waals surface area (Å²) in [5.74, 6) is 2.73. The van der Waals surface area contributed by atoms with Gasteiger partial charge >= 0.3 is 0 Å². The molecule has 0 amide bonds. The van der Waals surface area contributed by atoms with Gasteiger partial charge in [0.15, 0.2) is 0 Å². The van der Waals surface area contributed by atoms with Crippen molar-refractivity contribution in [2.45, 2.75) is 33.6 Å². The van der Waals surface area contributed by atoms with Crippen molar-refractivity contribution < 1.29 is 0 Å².